The van der Waals surface area contributed by atoms with Crippen LogP contribution in [-0.2, 0) is 0 Å². The van der Waals surface area contributed by atoms with Crippen LogP contribution >= 0.6 is 0 Å². The summed E-state index contributed by atoms with van der Waals surface area (Å²) in [6.07, 6.45) is 5.94. The number of fused-ring (bicyclic) bond motifs is 2. The lowest BCUT2D eigenvalue weighted by molar-refractivity contribution is -0.385. The van der Waals surface area contributed by atoms with Gasteiger partial charge in [0.1, 0.15) is 17.7 Å². The summed E-state index contributed by atoms with van der Waals surface area (Å²) in [5, 5.41) is 12.2. The van der Waals surface area contributed by atoms with Gasteiger partial charge in [-0.3, -0.25) is 20.1 Å². The van der Waals surface area contributed by atoms with Gasteiger partial charge in [0.15, 0.2) is 23.0 Å². The van der Waals surface area contributed by atoms with Crippen LogP contribution in [0.3, 0.4) is 0 Å². The Balaban J connectivity index is 0.000000182. The molecule has 2 N–H and O–H groups in total. The SMILES string of the molecule is COc1cc2nccc(Oc3ccc(N)cn3)c2cc1OC.COc1cc2nccc(Oc3ccc([N+](=O)[O-])cn3)c2cc1OC. The molecular formula is C32H28N6O8. The lowest BCUT2D eigenvalue weighted by Gasteiger charge is -2.11. The summed E-state index contributed by atoms with van der Waals surface area (Å²) in [6.45, 7) is 0. The summed E-state index contributed by atoms with van der Waals surface area (Å²) in [7, 11) is 6.26. The molecule has 4 heterocycles. The van der Waals surface area contributed by atoms with Gasteiger partial charge in [0.05, 0.1) is 56.3 Å². The number of nitrogens with two attached hydrogens (primary N) is 1. The van der Waals surface area contributed by atoms with Crippen LogP contribution in [0.4, 0.5) is 11.4 Å². The van der Waals surface area contributed by atoms with Crippen LogP contribution in [0.2, 0.25) is 0 Å². The second-order valence-electron chi connectivity index (χ2n) is 9.31. The molecule has 0 amide bonds. The van der Waals surface area contributed by atoms with Crippen LogP contribution in [0, 0.1) is 10.1 Å². The highest BCUT2D eigenvalue weighted by Gasteiger charge is 2.14. The van der Waals surface area contributed by atoms with Gasteiger partial charge in [0, 0.05) is 53.5 Å². The quantitative estimate of drug-likeness (QED) is 0.139. The largest absolute Gasteiger partial charge is 0.493 e. The molecule has 0 aliphatic carbocycles. The maximum Gasteiger partial charge on any atom is 0.287 e. The first-order chi connectivity index (χ1) is 22.3. The van der Waals surface area contributed by atoms with Gasteiger partial charge in [-0.1, -0.05) is 0 Å². The van der Waals surface area contributed by atoms with E-state index in [1.807, 2.05) is 6.07 Å². The molecule has 0 saturated carbocycles. The zero-order chi connectivity index (χ0) is 32.6. The summed E-state index contributed by atoms with van der Waals surface area (Å²) in [4.78, 5) is 26.8. The number of nitrogens with zero attached hydrogens (tertiary/aromatic N) is 5. The average Bonchev–Trinajstić information content (AvgIpc) is 3.08. The van der Waals surface area contributed by atoms with E-state index in [1.54, 1.807) is 89.5 Å². The molecule has 14 heteroatoms. The van der Waals surface area contributed by atoms with E-state index >= 15 is 0 Å². The molecular weight excluding hydrogens is 596 g/mol. The minimum atomic E-state index is -0.518. The first-order valence-corrected chi connectivity index (χ1v) is 13.5. The van der Waals surface area contributed by atoms with Gasteiger partial charge in [-0.05, 0) is 30.3 Å². The van der Waals surface area contributed by atoms with Crippen LogP contribution in [0.5, 0.6) is 46.3 Å². The first-order valence-electron chi connectivity index (χ1n) is 13.5. The van der Waals surface area contributed by atoms with Crippen molar-refractivity contribution in [3.8, 4) is 46.3 Å². The van der Waals surface area contributed by atoms with Gasteiger partial charge >= 0.3 is 0 Å². The third kappa shape index (κ3) is 6.86. The fourth-order valence-electron chi connectivity index (χ4n) is 4.29. The van der Waals surface area contributed by atoms with E-state index in [2.05, 4.69) is 19.9 Å². The van der Waals surface area contributed by atoms with Crippen molar-refractivity contribution in [2.45, 2.75) is 0 Å². The number of ether oxygens (including phenoxy) is 6. The minimum Gasteiger partial charge on any atom is -0.493 e. The Labute approximate surface area is 262 Å². The van der Waals surface area contributed by atoms with Crippen LogP contribution < -0.4 is 34.2 Å². The fraction of sp³-hybridized carbons (Fsp3) is 0.125. The number of hydrogen-bond acceptors (Lipinski definition) is 13. The van der Waals surface area contributed by atoms with Crippen molar-refractivity contribution < 1.29 is 33.3 Å². The number of nitrogen functional groups attached to an aromatic ring is 1. The molecule has 14 nitrogen and oxygen atoms in total. The van der Waals surface area contributed by atoms with E-state index in [0.29, 0.717) is 57.0 Å². The van der Waals surface area contributed by atoms with Crippen molar-refractivity contribution in [3.63, 3.8) is 0 Å². The minimum absolute atomic E-state index is 0.103. The number of aromatic nitrogens is 4. The smallest absolute Gasteiger partial charge is 0.287 e. The summed E-state index contributed by atoms with van der Waals surface area (Å²) in [5.74, 6) is 4.15. The molecule has 0 radical (unpaired) electrons. The van der Waals surface area contributed by atoms with Crippen LogP contribution in [-0.4, -0.2) is 53.3 Å². The third-order valence-electron chi connectivity index (χ3n) is 6.53. The molecule has 2 aromatic carbocycles. The lowest BCUT2D eigenvalue weighted by atomic mass is 10.2. The molecule has 0 atom stereocenters. The summed E-state index contributed by atoms with van der Waals surface area (Å²) >= 11 is 0. The number of benzene rings is 2. The molecule has 46 heavy (non-hydrogen) atoms. The summed E-state index contributed by atoms with van der Waals surface area (Å²) in [6, 6.07) is 16.8. The second kappa shape index (κ2) is 13.9. The summed E-state index contributed by atoms with van der Waals surface area (Å²) < 4.78 is 32.7. The maximum atomic E-state index is 10.7. The molecule has 0 bridgehead atoms. The van der Waals surface area contributed by atoms with Crippen molar-refractivity contribution in [2.75, 3.05) is 34.2 Å². The van der Waals surface area contributed by atoms with Crippen molar-refractivity contribution in [3.05, 3.63) is 95.6 Å². The van der Waals surface area contributed by atoms with E-state index in [9.17, 15) is 10.1 Å². The topological polar surface area (TPSA) is 176 Å². The number of pyridine rings is 4. The van der Waals surface area contributed by atoms with Gasteiger partial charge in [0.2, 0.25) is 11.8 Å². The van der Waals surface area contributed by atoms with Gasteiger partial charge in [0.25, 0.3) is 5.69 Å². The molecule has 6 rings (SSSR count). The van der Waals surface area contributed by atoms with Crippen LogP contribution in [0.15, 0.2) is 85.5 Å². The third-order valence-corrected chi connectivity index (χ3v) is 6.53. The average molecular weight is 625 g/mol. The van der Waals surface area contributed by atoms with E-state index in [4.69, 9.17) is 34.2 Å². The van der Waals surface area contributed by atoms with E-state index in [-0.39, 0.29) is 11.6 Å². The van der Waals surface area contributed by atoms with Crippen LogP contribution in [0.1, 0.15) is 0 Å². The fourth-order valence-corrected chi connectivity index (χ4v) is 4.29. The normalized spacial score (nSPS) is 10.4. The molecule has 0 saturated heterocycles. The van der Waals surface area contributed by atoms with Gasteiger partial charge in [-0.15, -0.1) is 0 Å². The highest BCUT2D eigenvalue weighted by atomic mass is 16.6. The van der Waals surface area contributed by atoms with Crippen molar-refractivity contribution in [2.24, 2.45) is 0 Å². The number of nitro groups is 1. The molecule has 4 aromatic heterocycles. The number of rotatable bonds is 9. The Kier molecular flexibility index (Phi) is 9.37. The number of hydrogen-bond donors (Lipinski definition) is 1. The Hall–Kier alpha value is -6.44. The Morgan fingerprint density at radius 1 is 0.587 bits per heavy atom. The van der Waals surface area contributed by atoms with E-state index < -0.39 is 4.92 Å². The van der Waals surface area contributed by atoms with Crippen molar-refractivity contribution in [1.29, 1.82) is 0 Å². The zero-order valence-corrected chi connectivity index (χ0v) is 25.2. The lowest BCUT2D eigenvalue weighted by Crippen LogP contribution is -1.94. The second-order valence-corrected chi connectivity index (χ2v) is 9.31. The Bertz CT molecular complexity index is 1990. The predicted molar refractivity (Wildman–Crippen MR) is 169 cm³/mol. The van der Waals surface area contributed by atoms with Crippen molar-refractivity contribution >= 4 is 33.2 Å². The van der Waals surface area contributed by atoms with Gasteiger partial charge in [-0.25, -0.2) is 9.97 Å². The number of methoxy groups -OCH3 is 4. The van der Waals surface area contributed by atoms with Crippen LogP contribution in [0.25, 0.3) is 21.8 Å². The molecule has 0 spiro atoms. The maximum absolute atomic E-state index is 10.7. The van der Waals surface area contributed by atoms with E-state index in [1.165, 1.54) is 12.1 Å². The first kappa shape index (κ1) is 31.0. The molecule has 234 valence electrons. The molecule has 0 aliphatic heterocycles. The van der Waals surface area contributed by atoms with Crippen molar-refractivity contribution in [1.82, 2.24) is 19.9 Å². The highest BCUT2D eigenvalue weighted by molar-refractivity contribution is 5.89. The Morgan fingerprint density at radius 3 is 1.43 bits per heavy atom. The van der Waals surface area contributed by atoms with Gasteiger partial charge < -0.3 is 34.2 Å². The van der Waals surface area contributed by atoms with Gasteiger partial charge in [-0.2, -0.15) is 0 Å². The molecule has 0 fully saturated rings. The zero-order valence-electron chi connectivity index (χ0n) is 25.2. The standard InChI is InChI=1S/C16H13N3O5.C16H15N3O3/c1-22-14-7-11-12(8-15(14)23-2)17-6-5-13(11)24-16-4-3-10(9-18-16)19(20)21;1-20-14-7-11-12(8-15(14)21-2)18-6-5-13(11)22-16-4-3-10(17)9-19-16/h3-9H,1-2H3;3-9H,17H2,1-2H3. The molecule has 0 aliphatic rings. The predicted octanol–water partition coefficient (Wildman–Crippen LogP) is 6.37. The molecule has 6 aromatic rings. The number of anilines is 1. The molecule has 0 unspecified atom stereocenters. The van der Waals surface area contributed by atoms with E-state index in [0.717, 1.165) is 17.1 Å². The Morgan fingerprint density at radius 2 is 1.04 bits per heavy atom. The highest BCUT2D eigenvalue weighted by Crippen LogP contribution is 2.38. The monoisotopic (exact) mass is 624 g/mol. The summed E-state index contributed by atoms with van der Waals surface area (Å²) in [5.41, 5.74) is 7.50.